The maximum atomic E-state index is 11.8. The van der Waals surface area contributed by atoms with Gasteiger partial charge in [0.25, 0.3) is 0 Å². The van der Waals surface area contributed by atoms with Crippen molar-refractivity contribution in [3.8, 4) is 11.5 Å². The molecule has 0 aliphatic carbocycles. The molecule has 1 heterocycles. The molecule has 8 heteroatoms. The van der Waals surface area contributed by atoms with Crippen molar-refractivity contribution < 1.29 is 14.3 Å². The van der Waals surface area contributed by atoms with E-state index >= 15 is 0 Å². The second-order valence-electron chi connectivity index (χ2n) is 3.96. The van der Waals surface area contributed by atoms with Crippen LogP contribution >= 0.6 is 0 Å². The normalized spacial score (nSPS) is 10.1. The molecular formula is C12H15N5O3. The van der Waals surface area contributed by atoms with Crippen LogP contribution in [0.1, 0.15) is 0 Å². The van der Waals surface area contributed by atoms with Gasteiger partial charge in [0.15, 0.2) is 17.3 Å². The summed E-state index contributed by atoms with van der Waals surface area (Å²) in [6.45, 7) is 0.0263. The summed E-state index contributed by atoms with van der Waals surface area (Å²) in [5, 5.41) is 10.0. The van der Waals surface area contributed by atoms with Crippen molar-refractivity contribution in [2.45, 2.75) is 6.54 Å². The number of carbonyl (C=O) groups excluding carboxylic acids is 1. The molecule has 2 aromatic rings. The van der Waals surface area contributed by atoms with Gasteiger partial charge in [-0.3, -0.25) is 4.79 Å². The SMILES string of the molecule is COc1ccc(NC(=O)Cn2cc(N)nn2)cc1OC. The lowest BCUT2D eigenvalue weighted by Crippen LogP contribution is -2.19. The van der Waals surface area contributed by atoms with Crippen LogP contribution in [0.15, 0.2) is 24.4 Å². The lowest BCUT2D eigenvalue weighted by molar-refractivity contribution is -0.116. The third kappa shape index (κ3) is 3.16. The van der Waals surface area contributed by atoms with E-state index in [1.165, 1.54) is 18.0 Å². The molecule has 3 N–H and O–H groups in total. The smallest absolute Gasteiger partial charge is 0.246 e. The minimum Gasteiger partial charge on any atom is -0.493 e. The Bertz CT molecular complexity index is 611. The number of aromatic nitrogens is 3. The number of carbonyl (C=O) groups is 1. The lowest BCUT2D eigenvalue weighted by atomic mass is 10.2. The summed E-state index contributed by atoms with van der Waals surface area (Å²) in [5.41, 5.74) is 6.02. The number of amides is 1. The number of nitrogens with one attached hydrogen (secondary N) is 1. The van der Waals surface area contributed by atoms with Crippen molar-refractivity contribution in [2.24, 2.45) is 0 Å². The van der Waals surface area contributed by atoms with Gasteiger partial charge in [-0.2, -0.15) is 0 Å². The van der Waals surface area contributed by atoms with Crippen LogP contribution in [0, 0.1) is 0 Å². The molecule has 0 saturated heterocycles. The Kier molecular flexibility index (Phi) is 4.04. The molecule has 8 nitrogen and oxygen atoms in total. The molecule has 1 aromatic carbocycles. The minimum absolute atomic E-state index is 0.0263. The van der Waals surface area contributed by atoms with Gasteiger partial charge in [0.05, 0.1) is 20.4 Å². The summed E-state index contributed by atoms with van der Waals surface area (Å²) in [6, 6.07) is 5.10. The van der Waals surface area contributed by atoms with Gasteiger partial charge in [0, 0.05) is 11.8 Å². The summed E-state index contributed by atoms with van der Waals surface area (Å²) in [4.78, 5) is 11.8. The molecule has 1 aromatic heterocycles. The molecule has 0 saturated carbocycles. The standard InChI is InChI=1S/C12H15N5O3/c1-19-9-4-3-8(5-10(9)20-2)14-12(18)7-17-6-11(13)15-16-17/h3-6H,7,13H2,1-2H3,(H,14,18). The quantitative estimate of drug-likeness (QED) is 0.825. The molecule has 2 rings (SSSR count). The summed E-state index contributed by atoms with van der Waals surface area (Å²) >= 11 is 0. The van der Waals surface area contributed by atoms with E-state index in [0.717, 1.165) is 0 Å². The van der Waals surface area contributed by atoms with E-state index in [-0.39, 0.29) is 18.3 Å². The topological polar surface area (TPSA) is 104 Å². The highest BCUT2D eigenvalue weighted by Crippen LogP contribution is 2.29. The summed E-state index contributed by atoms with van der Waals surface area (Å²) in [5.74, 6) is 1.15. The molecule has 20 heavy (non-hydrogen) atoms. The Hall–Kier alpha value is -2.77. The van der Waals surface area contributed by atoms with E-state index in [0.29, 0.717) is 17.2 Å². The van der Waals surface area contributed by atoms with Gasteiger partial charge in [0.1, 0.15) is 6.54 Å². The number of nitrogen functional groups attached to an aromatic ring is 1. The van der Waals surface area contributed by atoms with Crippen molar-refractivity contribution in [1.82, 2.24) is 15.0 Å². The number of nitrogens with zero attached hydrogens (tertiary/aromatic N) is 3. The average molecular weight is 277 g/mol. The van der Waals surface area contributed by atoms with Crippen molar-refractivity contribution in [3.05, 3.63) is 24.4 Å². The maximum absolute atomic E-state index is 11.8. The van der Waals surface area contributed by atoms with Gasteiger partial charge in [-0.05, 0) is 12.1 Å². The molecule has 0 radical (unpaired) electrons. The number of methoxy groups -OCH3 is 2. The zero-order valence-corrected chi connectivity index (χ0v) is 11.2. The average Bonchev–Trinajstić information content (AvgIpc) is 2.83. The molecule has 0 unspecified atom stereocenters. The van der Waals surface area contributed by atoms with Crippen molar-refractivity contribution in [3.63, 3.8) is 0 Å². The molecule has 0 spiro atoms. The van der Waals surface area contributed by atoms with Crippen molar-refractivity contribution in [2.75, 3.05) is 25.3 Å². The molecule has 0 atom stereocenters. The van der Waals surface area contributed by atoms with Crippen LogP contribution in [0.3, 0.4) is 0 Å². The van der Waals surface area contributed by atoms with E-state index in [2.05, 4.69) is 15.6 Å². The second-order valence-corrected chi connectivity index (χ2v) is 3.96. The predicted octanol–water partition coefficient (Wildman–Crippen LogP) is 0.516. The fourth-order valence-corrected chi connectivity index (χ4v) is 1.65. The third-order valence-corrected chi connectivity index (χ3v) is 2.53. The molecule has 0 aliphatic rings. The Morgan fingerprint density at radius 1 is 1.35 bits per heavy atom. The number of rotatable bonds is 5. The lowest BCUT2D eigenvalue weighted by Gasteiger charge is -2.10. The molecule has 0 bridgehead atoms. The monoisotopic (exact) mass is 277 g/mol. The zero-order chi connectivity index (χ0) is 14.5. The highest BCUT2D eigenvalue weighted by Gasteiger charge is 2.08. The van der Waals surface area contributed by atoms with Crippen molar-refractivity contribution >= 4 is 17.4 Å². The Labute approximate surface area is 115 Å². The van der Waals surface area contributed by atoms with Crippen LogP contribution in [0.5, 0.6) is 11.5 Å². The van der Waals surface area contributed by atoms with Crippen LogP contribution in [-0.4, -0.2) is 35.1 Å². The predicted molar refractivity (Wildman–Crippen MR) is 72.6 cm³/mol. The number of benzene rings is 1. The van der Waals surface area contributed by atoms with Crippen LogP contribution in [0.4, 0.5) is 11.5 Å². The van der Waals surface area contributed by atoms with Crippen LogP contribution in [0.2, 0.25) is 0 Å². The zero-order valence-electron chi connectivity index (χ0n) is 11.2. The van der Waals surface area contributed by atoms with Crippen LogP contribution in [-0.2, 0) is 11.3 Å². The Balaban J connectivity index is 2.04. The van der Waals surface area contributed by atoms with E-state index in [4.69, 9.17) is 15.2 Å². The molecule has 0 fully saturated rings. The molecular weight excluding hydrogens is 262 g/mol. The molecule has 106 valence electrons. The van der Waals surface area contributed by atoms with E-state index in [1.807, 2.05) is 0 Å². The molecule has 1 amide bonds. The fourth-order valence-electron chi connectivity index (χ4n) is 1.65. The Morgan fingerprint density at radius 3 is 2.70 bits per heavy atom. The first-order valence-corrected chi connectivity index (χ1v) is 5.80. The van der Waals surface area contributed by atoms with Crippen LogP contribution < -0.4 is 20.5 Å². The number of hydrogen-bond acceptors (Lipinski definition) is 6. The maximum Gasteiger partial charge on any atom is 0.246 e. The number of hydrogen-bond donors (Lipinski definition) is 2. The van der Waals surface area contributed by atoms with Crippen molar-refractivity contribution in [1.29, 1.82) is 0 Å². The van der Waals surface area contributed by atoms with Gasteiger partial charge in [-0.25, -0.2) is 4.68 Å². The van der Waals surface area contributed by atoms with E-state index in [9.17, 15) is 4.79 Å². The number of nitrogens with two attached hydrogens (primary N) is 1. The minimum atomic E-state index is -0.248. The first-order chi connectivity index (χ1) is 9.62. The highest BCUT2D eigenvalue weighted by atomic mass is 16.5. The largest absolute Gasteiger partial charge is 0.493 e. The van der Waals surface area contributed by atoms with Crippen LogP contribution in [0.25, 0.3) is 0 Å². The van der Waals surface area contributed by atoms with Gasteiger partial charge in [-0.1, -0.05) is 5.21 Å². The summed E-state index contributed by atoms with van der Waals surface area (Å²) < 4.78 is 11.6. The van der Waals surface area contributed by atoms with Gasteiger partial charge in [-0.15, -0.1) is 5.10 Å². The van der Waals surface area contributed by atoms with Gasteiger partial charge >= 0.3 is 0 Å². The summed E-state index contributed by atoms with van der Waals surface area (Å²) in [6.07, 6.45) is 1.48. The summed E-state index contributed by atoms with van der Waals surface area (Å²) in [7, 11) is 3.08. The van der Waals surface area contributed by atoms with E-state index in [1.54, 1.807) is 25.3 Å². The fraction of sp³-hybridized carbons (Fsp3) is 0.250. The third-order valence-electron chi connectivity index (χ3n) is 2.53. The van der Waals surface area contributed by atoms with Gasteiger partial charge < -0.3 is 20.5 Å². The molecule has 0 aliphatic heterocycles. The van der Waals surface area contributed by atoms with Gasteiger partial charge in [0.2, 0.25) is 5.91 Å². The number of ether oxygens (including phenoxy) is 2. The first-order valence-electron chi connectivity index (χ1n) is 5.80. The van der Waals surface area contributed by atoms with E-state index < -0.39 is 0 Å². The second kappa shape index (κ2) is 5.91. The first kappa shape index (κ1) is 13.7. The highest BCUT2D eigenvalue weighted by molar-refractivity contribution is 5.90. The Morgan fingerprint density at radius 2 is 2.10 bits per heavy atom. The number of anilines is 2.